The number of hydrogen-bond donors (Lipinski definition) is 0. The van der Waals surface area contributed by atoms with Crippen LogP contribution in [0.3, 0.4) is 0 Å². The van der Waals surface area contributed by atoms with Crippen molar-refractivity contribution in [2.75, 3.05) is 0 Å². The smallest absolute Gasteiger partial charge is 0.545 e. The second-order valence-corrected chi connectivity index (χ2v) is 4.27. The zero-order valence-electron chi connectivity index (χ0n) is 11.8. The Balaban J connectivity index is 0.00000200. The predicted molar refractivity (Wildman–Crippen MR) is 70.9 cm³/mol. The number of pyridine rings is 1. The molecule has 0 amide bonds. The molecular formula is C15H14NNaO3. The monoisotopic (exact) mass is 279 g/mol. The molecule has 0 saturated carbocycles. The minimum absolute atomic E-state index is 0. The Hall–Kier alpha value is -1.36. The van der Waals surface area contributed by atoms with Gasteiger partial charge in [-0.05, 0) is 19.4 Å². The van der Waals surface area contributed by atoms with Gasteiger partial charge >= 0.3 is 29.6 Å². The van der Waals surface area contributed by atoms with Crippen LogP contribution in [0.4, 0.5) is 0 Å². The summed E-state index contributed by atoms with van der Waals surface area (Å²) in [6.45, 7) is 4.30. The molecule has 20 heavy (non-hydrogen) atoms. The molecule has 0 atom stereocenters. The zero-order valence-corrected chi connectivity index (χ0v) is 13.8. The molecule has 2 aromatic rings. The summed E-state index contributed by atoms with van der Waals surface area (Å²) in [7, 11) is 0. The van der Waals surface area contributed by atoms with Gasteiger partial charge in [0.1, 0.15) is 0 Å². The topological polar surface area (TPSA) is 62.1 Å². The van der Waals surface area contributed by atoms with E-state index in [0.29, 0.717) is 12.1 Å². The fraction of sp³-hybridized carbons (Fsp3) is 0.200. The molecule has 0 fully saturated rings. The van der Waals surface area contributed by atoms with Crippen molar-refractivity contribution in [2.45, 2.75) is 20.4 Å². The summed E-state index contributed by atoms with van der Waals surface area (Å²) in [5.74, 6) is -1.44. The standard InChI is InChI=1S/C15H15NO3.Na/c1-3-16-9-12(15(18)19)14(17)13(10(16)2)11-7-5-4-6-8-11;/h4-9H,3H2,1-2H3,(H,18,19);/q;+1/p-1. The third kappa shape index (κ3) is 3.03. The van der Waals surface area contributed by atoms with E-state index in [-0.39, 0.29) is 35.1 Å². The van der Waals surface area contributed by atoms with Gasteiger partial charge < -0.3 is 14.5 Å². The summed E-state index contributed by atoms with van der Waals surface area (Å²) < 4.78 is 1.74. The first-order chi connectivity index (χ1) is 9.06. The molecule has 98 valence electrons. The predicted octanol–water partition coefficient (Wildman–Crippen LogP) is -1.79. The van der Waals surface area contributed by atoms with E-state index in [2.05, 4.69) is 0 Å². The first kappa shape index (κ1) is 16.7. The molecule has 1 heterocycles. The SMILES string of the molecule is CCn1cc(C(=O)[O-])c(=O)c(-c2ccccc2)c1C.[Na+]. The third-order valence-electron chi connectivity index (χ3n) is 3.17. The number of benzene rings is 1. The first-order valence-corrected chi connectivity index (χ1v) is 6.07. The van der Waals surface area contributed by atoms with Crippen molar-refractivity contribution in [2.24, 2.45) is 0 Å². The molecule has 0 spiro atoms. The van der Waals surface area contributed by atoms with E-state index in [9.17, 15) is 14.7 Å². The molecule has 5 heteroatoms. The molecule has 0 saturated heterocycles. The summed E-state index contributed by atoms with van der Waals surface area (Å²) in [6.07, 6.45) is 1.35. The minimum Gasteiger partial charge on any atom is -0.545 e. The number of aromatic nitrogens is 1. The van der Waals surface area contributed by atoms with E-state index in [1.807, 2.05) is 32.0 Å². The summed E-state index contributed by atoms with van der Waals surface area (Å²) >= 11 is 0. The van der Waals surface area contributed by atoms with Crippen molar-refractivity contribution in [3.63, 3.8) is 0 Å². The maximum atomic E-state index is 12.3. The number of hydrogen-bond acceptors (Lipinski definition) is 3. The van der Waals surface area contributed by atoms with Gasteiger partial charge in [-0.3, -0.25) is 4.79 Å². The molecule has 0 radical (unpaired) electrons. The molecule has 2 rings (SSSR count). The van der Waals surface area contributed by atoms with Gasteiger partial charge in [-0.1, -0.05) is 30.3 Å². The molecule has 0 aliphatic carbocycles. The minimum atomic E-state index is -1.44. The third-order valence-corrected chi connectivity index (χ3v) is 3.17. The Morgan fingerprint density at radius 3 is 2.35 bits per heavy atom. The van der Waals surface area contributed by atoms with Crippen LogP contribution in [0.25, 0.3) is 11.1 Å². The van der Waals surface area contributed by atoms with Gasteiger partial charge in [0.05, 0.1) is 11.5 Å². The summed E-state index contributed by atoms with van der Waals surface area (Å²) in [5, 5.41) is 11.1. The van der Waals surface area contributed by atoms with Crippen molar-refractivity contribution < 1.29 is 39.5 Å². The van der Waals surface area contributed by atoms with Gasteiger partial charge in [-0.2, -0.15) is 0 Å². The average molecular weight is 279 g/mol. The van der Waals surface area contributed by atoms with Gasteiger partial charge in [0.2, 0.25) is 0 Å². The van der Waals surface area contributed by atoms with Crippen molar-refractivity contribution in [3.05, 3.63) is 58.0 Å². The molecule has 1 aromatic carbocycles. The average Bonchev–Trinajstić information content (AvgIpc) is 2.40. The van der Waals surface area contributed by atoms with E-state index >= 15 is 0 Å². The largest absolute Gasteiger partial charge is 1.00 e. The Bertz CT molecular complexity index is 678. The van der Waals surface area contributed by atoms with Crippen LogP contribution in [-0.4, -0.2) is 10.5 Å². The van der Waals surface area contributed by atoms with Crippen LogP contribution in [0.5, 0.6) is 0 Å². The van der Waals surface area contributed by atoms with E-state index in [1.54, 1.807) is 16.7 Å². The van der Waals surface area contributed by atoms with Crippen molar-refractivity contribution >= 4 is 5.97 Å². The van der Waals surface area contributed by atoms with Gasteiger partial charge in [0.25, 0.3) is 0 Å². The molecule has 0 bridgehead atoms. The number of carboxylic acid groups (broad SMARTS) is 1. The molecule has 0 aliphatic heterocycles. The van der Waals surface area contributed by atoms with Crippen LogP contribution >= 0.6 is 0 Å². The second-order valence-electron chi connectivity index (χ2n) is 4.27. The quantitative estimate of drug-likeness (QED) is 0.624. The van der Waals surface area contributed by atoms with Gasteiger partial charge in [0.15, 0.2) is 5.43 Å². The van der Waals surface area contributed by atoms with Gasteiger partial charge in [-0.25, -0.2) is 0 Å². The molecule has 0 unspecified atom stereocenters. The number of aromatic carboxylic acids is 1. The number of rotatable bonds is 3. The van der Waals surface area contributed by atoms with E-state index in [0.717, 1.165) is 11.3 Å². The molecule has 0 N–H and O–H groups in total. The van der Waals surface area contributed by atoms with Crippen LogP contribution in [0.15, 0.2) is 41.3 Å². The Labute approximate surface area is 139 Å². The van der Waals surface area contributed by atoms with Crippen LogP contribution in [0.2, 0.25) is 0 Å². The fourth-order valence-electron chi connectivity index (χ4n) is 2.17. The van der Waals surface area contributed by atoms with Crippen molar-refractivity contribution in [1.82, 2.24) is 4.57 Å². The number of carbonyl (C=O) groups is 1. The normalized spacial score (nSPS) is 9.90. The summed E-state index contributed by atoms with van der Waals surface area (Å²) in [6, 6.07) is 9.07. The number of nitrogens with zero attached hydrogens (tertiary/aromatic N) is 1. The van der Waals surface area contributed by atoms with Crippen molar-refractivity contribution in [1.29, 1.82) is 0 Å². The maximum absolute atomic E-state index is 12.3. The Morgan fingerprint density at radius 1 is 1.25 bits per heavy atom. The van der Waals surface area contributed by atoms with Gasteiger partial charge in [0, 0.05) is 24.0 Å². The second kappa shape index (κ2) is 6.88. The fourth-order valence-corrected chi connectivity index (χ4v) is 2.17. The number of aryl methyl sites for hydroxylation is 1. The molecular weight excluding hydrogens is 265 g/mol. The molecule has 0 aliphatic rings. The van der Waals surface area contributed by atoms with Crippen molar-refractivity contribution in [3.8, 4) is 11.1 Å². The van der Waals surface area contributed by atoms with E-state index in [4.69, 9.17) is 0 Å². The van der Waals surface area contributed by atoms with Crippen LogP contribution < -0.4 is 40.1 Å². The van der Waals surface area contributed by atoms with Crippen LogP contribution in [-0.2, 0) is 6.54 Å². The first-order valence-electron chi connectivity index (χ1n) is 6.07. The molecule has 4 nitrogen and oxygen atoms in total. The Kier molecular flexibility index (Phi) is 5.74. The van der Waals surface area contributed by atoms with Crippen LogP contribution in [0, 0.1) is 6.92 Å². The Morgan fingerprint density at radius 2 is 1.85 bits per heavy atom. The molecule has 1 aromatic heterocycles. The van der Waals surface area contributed by atoms with E-state index < -0.39 is 11.4 Å². The van der Waals surface area contributed by atoms with Crippen LogP contribution in [0.1, 0.15) is 23.0 Å². The summed E-state index contributed by atoms with van der Waals surface area (Å²) in [5.41, 5.74) is 1.10. The maximum Gasteiger partial charge on any atom is 1.00 e. The van der Waals surface area contributed by atoms with E-state index in [1.165, 1.54) is 6.20 Å². The van der Waals surface area contributed by atoms with Gasteiger partial charge in [-0.15, -0.1) is 0 Å². The zero-order chi connectivity index (χ0) is 14.0. The summed E-state index contributed by atoms with van der Waals surface area (Å²) in [4.78, 5) is 23.3. The number of carboxylic acids is 1. The number of carbonyl (C=O) groups excluding carboxylic acids is 1.